The van der Waals surface area contributed by atoms with Crippen LogP contribution in [0.25, 0.3) is 10.2 Å². The summed E-state index contributed by atoms with van der Waals surface area (Å²) in [5.74, 6) is 0.785. The predicted octanol–water partition coefficient (Wildman–Crippen LogP) is 3.65. The number of primary amides is 1. The van der Waals surface area contributed by atoms with Crippen molar-refractivity contribution in [2.45, 2.75) is 50.4 Å². The van der Waals surface area contributed by atoms with E-state index in [1.165, 1.54) is 29.7 Å². The highest BCUT2D eigenvalue weighted by atomic mass is 32.1. The van der Waals surface area contributed by atoms with Crippen LogP contribution in [0.1, 0.15) is 31.2 Å². The number of amides is 2. The van der Waals surface area contributed by atoms with E-state index in [1.54, 1.807) is 12.4 Å². The summed E-state index contributed by atoms with van der Waals surface area (Å²) in [4.78, 5) is 22.4. The number of nitrogens with two attached hydrogens (primary N) is 1. The first-order valence-electron chi connectivity index (χ1n) is 9.93. The van der Waals surface area contributed by atoms with Gasteiger partial charge in [0.15, 0.2) is 0 Å². The fourth-order valence-electron chi connectivity index (χ4n) is 4.63. The third-order valence-electron chi connectivity index (χ3n) is 5.90. The van der Waals surface area contributed by atoms with Gasteiger partial charge in [-0.05, 0) is 49.4 Å². The fourth-order valence-corrected chi connectivity index (χ4v) is 5.43. The molecule has 0 aliphatic carbocycles. The molecule has 4 heterocycles. The highest BCUT2D eigenvalue weighted by Gasteiger charge is 2.40. The van der Waals surface area contributed by atoms with E-state index in [0.717, 1.165) is 35.4 Å². The maximum Gasteiger partial charge on any atom is 0.312 e. The van der Waals surface area contributed by atoms with Crippen LogP contribution in [0.15, 0.2) is 42.7 Å². The van der Waals surface area contributed by atoms with Gasteiger partial charge in [0, 0.05) is 37.1 Å². The molecule has 2 unspecified atom stereocenters. The van der Waals surface area contributed by atoms with Crippen LogP contribution in [0.4, 0.5) is 4.79 Å². The fraction of sp³-hybridized carbons (Fsp3) is 0.381. The largest absolute Gasteiger partial charge is 0.431 e. The zero-order valence-electron chi connectivity index (χ0n) is 16.0. The van der Waals surface area contributed by atoms with Crippen molar-refractivity contribution >= 4 is 27.6 Å². The Hall–Kier alpha value is -2.71. The lowest BCUT2D eigenvalue weighted by molar-refractivity contribution is 0.112. The van der Waals surface area contributed by atoms with Crippen molar-refractivity contribution in [1.82, 2.24) is 20.2 Å². The topological polar surface area (TPSA) is 93.4 Å². The summed E-state index contributed by atoms with van der Waals surface area (Å²) in [6.45, 7) is 0.922. The quantitative estimate of drug-likeness (QED) is 0.671. The normalized spacial score (nSPS) is 23.9. The van der Waals surface area contributed by atoms with E-state index in [4.69, 9.17) is 10.5 Å². The second-order valence-electron chi connectivity index (χ2n) is 7.80. The first-order valence-corrected chi connectivity index (χ1v) is 10.7. The summed E-state index contributed by atoms with van der Waals surface area (Å²) in [7, 11) is 0. The Morgan fingerprint density at radius 2 is 1.97 bits per heavy atom. The molecule has 7 nitrogen and oxygen atoms in total. The molecular weight excluding hydrogens is 386 g/mol. The molecule has 5 rings (SSSR count). The van der Waals surface area contributed by atoms with Gasteiger partial charge in [-0.15, -0.1) is 0 Å². The Bertz CT molecular complexity index is 974. The van der Waals surface area contributed by atoms with Gasteiger partial charge < -0.3 is 15.8 Å². The number of carbonyl (C=O) groups excluding carboxylic acids is 1. The number of ether oxygens (including phenoxy) is 1. The Balaban J connectivity index is 1.22. The van der Waals surface area contributed by atoms with Crippen LogP contribution in [-0.2, 0) is 6.54 Å². The van der Waals surface area contributed by atoms with Crippen LogP contribution < -0.4 is 15.8 Å². The smallest absolute Gasteiger partial charge is 0.312 e. The standard InChI is InChI=1S/C21H23N5O2S/c22-20(27)24-14-9-15-3-4-16(10-14)26(15)12-13-1-5-17(6-2-13)28-21-25-18-7-8-23-11-19(18)29-21/h1-2,5-8,11,14-16H,3-4,9-10,12H2,(H3,22,24,27)/t14?,15-,16?/m1/s1. The molecule has 2 aliphatic heterocycles. The molecule has 2 saturated heterocycles. The molecule has 2 fully saturated rings. The van der Waals surface area contributed by atoms with Gasteiger partial charge >= 0.3 is 6.03 Å². The maximum absolute atomic E-state index is 11.2. The van der Waals surface area contributed by atoms with Crippen molar-refractivity contribution < 1.29 is 9.53 Å². The van der Waals surface area contributed by atoms with E-state index >= 15 is 0 Å². The van der Waals surface area contributed by atoms with Gasteiger partial charge in [0.2, 0.25) is 0 Å². The number of urea groups is 1. The van der Waals surface area contributed by atoms with Crippen LogP contribution in [0, 0.1) is 0 Å². The number of nitrogens with one attached hydrogen (secondary N) is 1. The van der Waals surface area contributed by atoms with E-state index in [9.17, 15) is 4.79 Å². The lowest BCUT2D eigenvalue weighted by Crippen LogP contribution is -2.51. The van der Waals surface area contributed by atoms with Crippen LogP contribution in [0.5, 0.6) is 10.9 Å². The van der Waals surface area contributed by atoms with E-state index in [2.05, 4.69) is 32.3 Å². The van der Waals surface area contributed by atoms with Crippen molar-refractivity contribution in [1.29, 1.82) is 0 Å². The number of hydrogen-bond acceptors (Lipinski definition) is 6. The molecule has 2 amide bonds. The van der Waals surface area contributed by atoms with Gasteiger partial charge in [-0.25, -0.2) is 9.78 Å². The molecule has 1 aromatic carbocycles. The average molecular weight is 410 g/mol. The molecule has 0 spiro atoms. The van der Waals surface area contributed by atoms with Gasteiger partial charge in [0.1, 0.15) is 5.75 Å². The number of nitrogens with zero attached hydrogens (tertiary/aromatic N) is 3. The number of benzene rings is 1. The first kappa shape index (κ1) is 18.3. The van der Waals surface area contributed by atoms with Gasteiger partial charge in [-0.2, -0.15) is 0 Å². The average Bonchev–Trinajstić information content (AvgIpc) is 3.20. The monoisotopic (exact) mass is 409 g/mol. The number of piperidine rings is 1. The third-order valence-corrected chi connectivity index (χ3v) is 6.78. The van der Waals surface area contributed by atoms with Crippen LogP contribution >= 0.6 is 11.3 Å². The lowest BCUT2D eigenvalue weighted by Gasteiger charge is -2.39. The minimum Gasteiger partial charge on any atom is -0.431 e. The van der Waals surface area contributed by atoms with Gasteiger partial charge in [-0.1, -0.05) is 23.5 Å². The molecule has 0 saturated carbocycles. The Kier molecular flexibility index (Phi) is 4.81. The van der Waals surface area contributed by atoms with Crippen molar-refractivity contribution in [2.24, 2.45) is 5.73 Å². The highest BCUT2D eigenvalue weighted by molar-refractivity contribution is 7.20. The zero-order chi connectivity index (χ0) is 19.8. The SMILES string of the molecule is NC(=O)NC1CC2CC[C@H](C1)N2Cc1ccc(Oc2nc3ccncc3s2)cc1. The molecule has 2 aromatic heterocycles. The van der Waals surface area contributed by atoms with Crippen molar-refractivity contribution in [2.75, 3.05) is 0 Å². The highest BCUT2D eigenvalue weighted by Crippen LogP contribution is 2.37. The third kappa shape index (κ3) is 3.90. The summed E-state index contributed by atoms with van der Waals surface area (Å²) in [6.07, 6.45) is 7.88. The second-order valence-corrected chi connectivity index (χ2v) is 8.80. The second kappa shape index (κ2) is 7.61. The molecule has 150 valence electrons. The molecule has 29 heavy (non-hydrogen) atoms. The summed E-state index contributed by atoms with van der Waals surface area (Å²) >= 11 is 1.50. The van der Waals surface area contributed by atoms with E-state index in [1.807, 2.05) is 18.2 Å². The summed E-state index contributed by atoms with van der Waals surface area (Å²) in [5.41, 5.74) is 7.47. The maximum atomic E-state index is 11.2. The number of fused-ring (bicyclic) bond motifs is 3. The first-order chi connectivity index (χ1) is 14.1. The number of thiazole rings is 1. The van der Waals surface area contributed by atoms with Gasteiger partial charge in [0.05, 0.1) is 10.2 Å². The van der Waals surface area contributed by atoms with Crippen molar-refractivity contribution in [3.63, 3.8) is 0 Å². The van der Waals surface area contributed by atoms with E-state index in [-0.39, 0.29) is 6.04 Å². The lowest BCUT2D eigenvalue weighted by atomic mass is 9.96. The van der Waals surface area contributed by atoms with E-state index in [0.29, 0.717) is 17.3 Å². The number of aromatic nitrogens is 2. The number of rotatable bonds is 5. The van der Waals surface area contributed by atoms with Gasteiger partial charge in [0.25, 0.3) is 5.19 Å². The van der Waals surface area contributed by atoms with Crippen LogP contribution in [0.3, 0.4) is 0 Å². The van der Waals surface area contributed by atoms with Crippen molar-refractivity contribution in [3.05, 3.63) is 48.3 Å². The summed E-state index contributed by atoms with van der Waals surface area (Å²) < 4.78 is 6.95. The molecular formula is C21H23N5O2S. The van der Waals surface area contributed by atoms with Gasteiger partial charge in [-0.3, -0.25) is 9.88 Å². The Labute approximate surface area is 172 Å². The molecule has 8 heteroatoms. The molecule has 2 aliphatic rings. The molecule has 3 aromatic rings. The Morgan fingerprint density at radius 3 is 2.66 bits per heavy atom. The molecule has 3 N–H and O–H groups in total. The van der Waals surface area contributed by atoms with Crippen LogP contribution in [-0.4, -0.2) is 39.0 Å². The summed E-state index contributed by atoms with van der Waals surface area (Å²) in [6, 6.07) is 11.0. The number of carbonyl (C=O) groups is 1. The number of hydrogen-bond donors (Lipinski definition) is 2. The molecule has 3 atom stereocenters. The predicted molar refractivity (Wildman–Crippen MR) is 112 cm³/mol. The minimum atomic E-state index is -0.414. The van der Waals surface area contributed by atoms with Crippen LogP contribution in [0.2, 0.25) is 0 Å². The molecule has 0 radical (unpaired) electrons. The van der Waals surface area contributed by atoms with E-state index < -0.39 is 6.03 Å². The molecule has 2 bridgehead atoms. The zero-order valence-corrected chi connectivity index (χ0v) is 16.8. The summed E-state index contributed by atoms with van der Waals surface area (Å²) in [5, 5.41) is 3.52. The van der Waals surface area contributed by atoms with Crippen molar-refractivity contribution in [3.8, 4) is 10.9 Å². The number of pyridine rings is 1. The minimum absolute atomic E-state index is 0.209. The Morgan fingerprint density at radius 1 is 1.21 bits per heavy atom.